The number of hydrogen-bond acceptors (Lipinski definition) is 2. The first kappa shape index (κ1) is 15.5. The van der Waals surface area contributed by atoms with Gasteiger partial charge in [-0.15, -0.1) is 0 Å². The molecule has 1 heterocycles. The maximum absolute atomic E-state index is 9.54. The molecule has 0 spiro atoms. The van der Waals surface area contributed by atoms with Crippen LogP contribution in [0.5, 0.6) is 0 Å². The van der Waals surface area contributed by atoms with Gasteiger partial charge in [0.1, 0.15) is 5.92 Å². The summed E-state index contributed by atoms with van der Waals surface area (Å²) in [6.07, 6.45) is 2.14. The van der Waals surface area contributed by atoms with E-state index < -0.39 is 0 Å². The minimum absolute atomic E-state index is 0.0233. The summed E-state index contributed by atoms with van der Waals surface area (Å²) in [4.78, 5) is 0.597. The van der Waals surface area contributed by atoms with Gasteiger partial charge in [0.25, 0.3) is 0 Å². The molecule has 0 amide bonds. The second kappa shape index (κ2) is 6.36. The minimum atomic E-state index is -0.332. The number of nitrogens with one attached hydrogen (secondary N) is 1. The van der Waals surface area contributed by atoms with E-state index >= 15 is 0 Å². The van der Waals surface area contributed by atoms with Gasteiger partial charge >= 0.3 is 0 Å². The number of benzene rings is 2. The summed E-state index contributed by atoms with van der Waals surface area (Å²) in [5.41, 5.74) is 5.66. The zero-order valence-corrected chi connectivity index (χ0v) is 14.0. The van der Waals surface area contributed by atoms with Crippen molar-refractivity contribution in [2.24, 2.45) is 5.92 Å². The molecule has 0 unspecified atom stereocenters. The van der Waals surface area contributed by atoms with Gasteiger partial charge in [0, 0.05) is 17.2 Å². The molecule has 1 aliphatic heterocycles. The van der Waals surface area contributed by atoms with E-state index in [4.69, 9.17) is 12.2 Å². The smallest absolute Gasteiger partial charge is 0.107 e. The van der Waals surface area contributed by atoms with Crippen molar-refractivity contribution in [3.63, 3.8) is 0 Å². The molecule has 2 atom stereocenters. The van der Waals surface area contributed by atoms with Crippen molar-refractivity contribution in [3.8, 4) is 6.07 Å². The fourth-order valence-electron chi connectivity index (χ4n) is 2.98. The van der Waals surface area contributed by atoms with Crippen LogP contribution in [-0.4, -0.2) is 4.99 Å². The van der Waals surface area contributed by atoms with Crippen molar-refractivity contribution in [1.82, 2.24) is 5.32 Å². The van der Waals surface area contributed by atoms with Gasteiger partial charge in [0.15, 0.2) is 0 Å². The van der Waals surface area contributed by atoms with Crippen molar-refractivity contribution < 1.29 is 0 Å². The minimum Gasteiger partial charge on any atom is -0.349 e. The third-order valence-electron chi connectivity index (χ3n) is 4.25. The summed E-state index contributed by atoms with van der Waals surface area (Å²) in [6, 6.07) is 18.8. The van der Waals surface area contributed by atoms with Crippen molar-refractivity contribution >= 4 is 22.9 Å². The molecule has 0 fully saturated rings. The Labute approximate surface area is 142 Å². The van der Waals surface area contributed by atoms with Gasteiger partial charge in [0.2, 0.25) is 0 Å². The lowest BCUT2D eigenvalue weighted by Gasteiger charge is -2.29. The van der Waals surface area contributed by atoms with Crippen molar-refractivity contribution in [2.45, 2.75) is 19.8 Å². The quantitative estimate of drug-likeness (QED) is 0.828. The molecule has 2 nitrogen and oxygen atoms in total. The van der Waals surface area contributed by atoms with Crippen LogP contribution < -0.4 is 5.32 Å². The lowest BCUT2D eigenvalue weighted by Crippen LogP contribution is -2.35. The van der Waals surface area contributed by atoms with Crippen LogP contribution in [0.2, 0.25) is 0 Å². The standard InChI is InChI=1S/C20H18N2S/c1-13-8-9-14(2)16(10-13)19-11-17(15-6-4-3-5-7-15)18(12-21)20(23)22-19/h3-11,17-18H,1-2H3,(H,22,23)/t17-,18-/m1/s1. The van der Waals surface area contributed by atoms with Crippen LogP contribution in [0.1, 0.15) is 28.2 Å². The van der Waals surface area contributed by atoms with Gasteiger partial charge in [0.05, 0.1) is 11.1 Å². The maximum atomic E-state index is 9.54. The number of nitrogens with zero attached hydrogens (tertiary/aromatic N) is 1. The highest BCUT2D eigenvalue weighted by Gasteiger charge is 2.30. The van der Waals surface area contributed by atoms with Crippen LogP contribution in [-0.2, 0) is 0 Å². The molecule has 2 aromatic carbocycles. The Balaban J connectivity index is 2.11. The highest BCUT2D eigenvalue weighted by Crippen LogP contribution is 2.34. The van der Waals surface area contributed by atoms with Crippen LogP contribution in [0, 0.1) is 31.1 Å². The average Bonchev–Trinajstić information content (AvgIpc) is 2.57. The fraction of sp³-hybridized carbons (Fsp3) is 0.200. The molecular weight excluding hydrogens is 300 g/mol. The summed E-state index contributed by atoms with van der Waals surface area (Å²) in [5, 5.41) is 12.8. The molecule has 23 heavy (non-hydrogen) atoms. The Hall–Kier alpha value is -2.44. The molecule has 2 aromatic rings. The van der Waals surface area contributed by atoms with Gasteiger partial charge in [-0.2, -0.15) is 5.26 Å². The number of hydrogen-bond donors (Lipinski definition) is 1. The highest BCUT2D eigenvalue weighted by atomic mass is 32.1. The van der Waals surface area contributed by atoms with E-state index in [0.717, 1.165) is 16.8 Å². The number of thiocarbonyl (C=S) groups is 1. The van der Waals surface area contributed by atoms with Crippen molar-refractivity contribution in [3.05, 3.63) is 76.9 Å². The monoisotopic (exact) mass is 318 g/mol. The zero-order valence-electron chi connectivity index (χ0n) is 13.2. The van der Waals surface area contributed by atoms with Crippen LogP contribution in [0.3, 0.4) is 0 Å². The van der Waals surface area contributed by atoms with Gasteiger partial charge in [-0.1, -0.05) is 66.3 Å². The van der Waals surface area contributed by atoms with E-state index in [1.54, 1.807) is 0 Å². The Morgan fingerprint density at radius 3 is 2.52 bits per heavy atom. The van der Waals surface area contributed by atoms with Crippen LogP contribution in [0.15, 0.2) is 54.6 Å². The van der Waals surface area contributed by atoms with E-state index in [1.165, 1.54) is 11.1 Å². The first-order chi connectivity index (χ1) is 11.1. The highest BCUT2D eigenvalue weighted by molar-refractivity contribution is 7.80. The number of rotatable bonds is 2. The molecule has 1 aliphatic rings. The zero-order chi connectivity index (χ0) is 16.4. The second-order valence-electron chi connectivity index (χ2n) is 5.93. The molecule has 0 aromatic heterocycles. The molecule has 3 rings (SSSR count). The summed E-state index contributed by atoms with van der Waals surface area (Å²) in [7, 11) is 0. The SMILES string of the molecule is Cc1ccc(C)c(C2=C[C@H](c3ccccc3)[C@@H](C#N)C(=S)N2)c1. The van der Waals surface area contributed by atoms with Gasteiger partial charge in [-0.05, 0) is 31.0 Å². The molecule has 0 saturated carbocycles. The lowest BCUT2D eigenvalue weighted by atomic mass is 9.82. The summed E-state index contributed by atoms with van der Waals surface area (Å²) >= 11 is 5.48. The molecule has 0 bridgehead atoms. The second-order valence-corrected chi connectivity index (χ2v) is 6.37. The van der Waals surface area contributed by atoms with Gasteiger partial charge in [-0.25, -0.2) is 0 Å². The van der Waals surface area contributed by atoms with E-state index in [9.17, 15) is 5.26 Å². The predicted molar refractivity (Wildman–Crippen MR) is 97.9 cm³/mol. The Kier molecular flexibility index (Phi) is 4.27. The third-order valence-corrected chi connectivity index (χ3v) is 4.61. The Morgan fingerprint density at radius 2 is 1.83 bits per heavy atom. The molecule has 0 saturated heterocycles. The summed E-state index contributed by atoms with van der Waals surface area (Å²) < 4.78 is 0. The molecule has 3 heteroatoms. The van der Waals surface area contributed by atoms with E-state index in [0.29, 0.717) is 4.99 Å². The van der Waals surface area contributed by atoms with E-state index in [-0.39, 0.29) is 11.8 Å². The first-order valence-corrected chi connectivity index (χ1v) is 8.06. The fourth-order valence-corrected chi connectivity index (χ4v) is 3.29. The van der Waals surface area contributed by atoms with Crippen LogP contribution >= 0.6 is 12.2 Å². The normalized spacial score (nSPS) is 20.4. The number of aryl methyl sites for hydroxylation is 2. The Morgan fingerprint density at radius 1 is 1.09 bits per heavy atom. The summed E-state index contributed by atoms with van der Waals surface area (Å²) in [6.45, 7) is 4.17. The van der Waals surface area contributed by atoms with Crippen molar-refractivity contribution in [2.75, 3.05) is 0 Å². The summed E-state index contributed by atoms with van der Waals surface area (Å²) in [5.74, 6) is -0.355. The molecule has 0 radical (unpaired) electrons. The predicted octanol–water partition coefficient (Wildman–Crippen LogP) is 4.50. The molecule has 1 N–H and O–H groups in total. The maximum Gasteiger partial charge on any atom is 0.107 e. The van der Waals surface area contributed by atoms with E-state index in [1.807, 2.05) is 18.2 Å². The molecule has 0 aliphatic carbocycles. The molecule has 114 valence electrons. The number of nitriles is 1. The van der Waals surface area contributed by atoms with Crippen LogP contribution in [0.4, 0.5) is 0 Å². The third kappa shape index (κ3) is 3.04. The number of allylic oxidation sites excluding steroid dienone is 1. The average molecular weight is 318 g/mol. The molecular formula is C20H18N2S. The van der Waals surface area contributed by atoms with Gasteiger partial charge in [-0.3, -0.25) is 0 Å². The van der Waals surface area contributed by atoms with Crippen LogP contribution in [0.25, 0.3) is 5.70 Å². The van der Waals surface area contributed by atoms with E-state index in [2.05, 4.69) is 61.6 Å². The van der Waals surface area contributed by atoms with Gasteiger partial charge < -0.3 is 5.32 Å². The topological polar surface area (TPSA) is 35.8 Å². The Bertz CT molecular complexity index is 815. The largest absolute Gasteiger partial charge is 0.349 e. The lowest BCUT2D eigenvalue weighted by molar-refractivity contribution is 0.733. The van der Waals surface area contributed by atoms with Crippen molar-refractivity contribution in [1.29, 1.82) is 5.26 Å². The first-order valence-electron chi connectivity index (χ1n) is 7.65.